The molecule has 0 aliphatic heterocycles. The largest absolute Gasteiger partial charge is 0.502 e. The number of nitrogens with two attached hydrogens (primary N) is 1. The quantitative estimate of drug-likeness (QED) is 0.480. The molecule has 0 radical (unpaired) electrons. The zero-order chi connectivity index (χ0) is 13.4. The molecule has 17 heavy (non-hydrogen) atoms. The predicted octanol–water partition coefficient (Wildman–Crippen LogP) is 2.00. The Kier molecular flexibility index (Phi) is 3.23. The Labute approximate surface area is 91.6 Å². The van der Waals surface area contributed by atoms with E-state index in [1.807, 2.05) is 0 Å². The molecular formula is C8H6F4N2O3. The lowest BCUT2D eigenvalue weighted by atomic mass is 10.0. The molecule has 1 atom stereocenters. The number of nitrogens with zero attached hydrogens (tertiary/aromatic N) is 1. The zero-order valence-electron chi connectivity index (χ0n) is 8.03. The molecule has 1 aromatic rings. The number of phenols is 1. The van der Waals surface area contributed by atoms with Gasteiger partial charge in [0.25, 0.3) is 0 Å². The fourth-order valence-electron chi connectivity index (χ4n) is 1.16. The van der Waals surface area contributed by atoms with Gasteiger partial charge in [0.15, 0.2) is 5.75 Å². The number of phenolic OH excluding ortho intramolecular Hbond substituents is 1. The average molecular weight is 254 g/mol. The Hall–Kier alpha value is -1.90. The lowest BCUT2D eigenvalue weighted by molar-refractivity contribution is -0.386. The summed E-state index contributed by atoms with van der Waals surface area (Å²) in [6.07, 6.45) is -4.95. The smallest absolute Gasteiger partial charge is 0.407 e. The van der Waals surface area contributed by atoms with Crippen molar-refractivity contribution in [1.82, 2.24) is 0 Å². The van der Waals surface area contributed by atoms with Crippen LogP contribution in [0.5, 0.6) is 5.75 Å². The molecule has 94 valence electrons. The predicted molar refractivity (Wildman–Crippen MR) is 47.7 cm³/mol. The molecular weight excluding hydrogens is 248 g/mol. The van der Waals surface area contributed by atoms with Gasteiger partial charge in [-0.1, -0.05) is 0 Å². The fraction of sp³-hybridized carbons (Fsp3) is 0.250. The molecule has 1 aromatic carbocycles. The summed E-state index contributed by atoms with van der Waals surface area (Å²) in [7, 11) is 0. The number of nitro benzene ring substituents is 1. The molecule has 5 nitrogen and oxygen atoms in total. The Morgan fingerprint density at radius 1 is 1.41 bits per heavy atom. The Morgan fingerprint density at radius 2 is 1.94 bits per heavy atom. The van der Waals surface area contributed by atoms with E-state index in [2.05, 4.69) is 0 Å². The van der Waals surface area contributed by atoms with Gasteiger partial charge in [0.2, 0.25) is 0 Å². The average Bonchev–Trinajstić information content (AvgIpc) is 2.18. The van der Waals surface area contributed by atoms with Crippen LogP contribution < -0.4 is 5.73 Å². The highest BCUT2D eigenvalue weighted by Gasteiger charge is 2.41. The number of benzene rings is 1. The summed E-state index contributed by atoms with van der Waals surface area (Å²) in [5.41, 5.74) is 2.49. The molecule has 0 spiro atoms. The minimum absolute atomic E-state index is 0.306. The number of nitro groups is 1. The van der Waals surface area contributed by atoms with Crippen LogP contribution in [0.1, 0.15) is 11.6 Å². The normalized spacial score (nSPS) is 13.5. The molecule has 0 aromatic heterocycles. The van der Waals surface area contributed by atoms with Crippen molar-refractivity contribution in [2.45, 2.75) is 12.2 Å². The highest BCUT2D eigenvalue weighted by Crippen LogP contribution is 2.39. The van der Waals surface area contributed by atoms with E-state index in [-0.39, 0.29) is 0 Å². The van der Waals surface area contributed by atoms with Crippen molar-refractivity contribution < 1.29 is 27.6 Å². The minimum atomic E-state index is -4.95. The van der Waals surface area contributed by atoms with Gasteiger partial charge in [-0.15, -0.1) is 0 Å². The maximum absolute atomic E-state index is 12.9. The first-order valence-electron chi connectivity index (χ1n) is 4.13. The van der Waals surface area contributed by atoms with E-state index in [1.54, 1.807) is 0 Å². The summed E-state index contributed by atoms with van der Waals surface area (Å²) in [5, 5.41) is 19.6. The van der Waals surface area contributed by atoms with Gasteiger partial charge >= 0.3 is 11.9 Å². The van der Waals surface area contributed by atoms with Crippen LogP contribution in [0.4, 0.5) is 23.2 Å². The molecule has 0 saturated carbocycles. The van der Waals surface area contributed by atoms with Gasteiger partial charge in [-0.05, 0) is 6.07 Å². The van der Waals surface area contributed by atoms with Crippen LogP contribution in [-0.4, -0.2) is 16.2 Å². The van der Waals surface area contributed by atoms with Gasteiger partial charge in [-0.3, -0.25) is 10.1 Å². The first kappa shape index (κ1) is 13.2. The number of alkyl halides is 3. The van der Waals surface area contributed by atoms with Gasteiger partial charge in [0, 0.05) is 5.56 Å². The lowest BCUT2D eigenvalue weighted by Gasteiger charge is -2.16. The van der Waals surface area contributed by atoms with Crippen molar-refractivity contribution in [2.75, 3.05) is 0 Å². The number of hydrogen-bond acceptors (Lipinski definition) is 4. The first-order valence-corrected chi connectivity index (χ1v) is 4.13. The molecule has 0 aliphatic carbocycles. The van der Waals surface area contributed by atoms with Gasteiger partial charge in [0.05, 0.1) is 11.0 Å². The number of hydrogen-bond donors (Lipinski definition) is 2. The third-order valence-electron chi connectivity index (χ3n) is 1.97. The number of aromatic hydroxyl groups is 1. The van der Waals surface area contributed by atoms with Crippen LogP contribution in [0.25, 0.3) is 0 Å². The molecule has 0 fully saturated rings. The Morgan fingerprint density at radius 3 is 2.35 bits per heavy atom. The van der Waals surface area contributed by atoms with Crippen molar-refractivity contribution in [3.63, 3.8) is 0 Å². The van der Waals surface area contributed by atoms with Gasteiger partial charge in [0.1, 0.15) is 11.9 Å². The SMILES string of the molecule is N[C@@H](c1cc(F)cc([N+](=O)[O-])c1O)C(F)(F)F. The second-order valence-corrected chi connectivity index (χ2v) is 3.14. The Balaban J connectivity index is 3.40. The van der Waals surface area contributed by atoms with E-state index in [4.69, 9.17) is 5.73 Å². The molecule has 0 amide bonds. The molecule has 0 aliphatic rings. The van der Waals surface area contributed by atoms with Crippen LogP contribution in [0, 0.1) is 15.9 Å². The van der Waals surface area contributed by atoms with Gasteiger partial charge in [-0.25, -0.2) is 4.39 Å². The van der Waals surface area contributed by atoms with Gasteiger partial charge < -0.3 is 10.8 Å². The third kappa shape index (κ3) is 2.61. The van der Waals surface area contributed by atoms with Crippen LogP contribution >= 0.6 is 0 Å². The maximum Gasteiger partial charge on any atom is 0.407 e. The first-order chi connectivity index (χ1) is 7.64. The van der Waals surface area contributed by atoms with E-state index in [1.165, 1.54) is 0 Å². The molecule has 0 saturated heterocycles. The Bertz CT molecular complexity index is 461. The second-order valence-electron chi connectivity index (χ2n) is 3.14. The summed E-state index contributed by atoms with van der Waals surface area (Å²) in [5.74, 6) is -2.58. The lowest BCUT2D eigenvalue weighted by Crippen LogP contribution is -2.28. The highest BCUT2D eigenvalue weighted by molar-refractivity contribution is 5.52. The molecule has 0 heterocycles. The highest BCUT2D eigenvalue weighted by atomic mass is 19.4. The molecule has 1 rings (SSSR count). The molecule has 0 unspecified atom stereocenters. The molecule has 0 bridgehead atoms. The molecule has 9 heteroatoms. The van der Waals surface area contributed by atoms with E-state index in [0.717, 1.165) is 0 Å². The molecule has 3 N–H and O–H groups in total. The minimum Gasteiger partial charge on any atom is -0.502 e. The van der Waals surface area contributed by atoms with Crippen molar-refractivity contribution in [3.05, 3.63) is 33.6 Å². The van der Waals surface area contributed by atoms with E-state index < -0.39 is 40.0 Å². The fourth-order valence-corrected chi connectivity index (χ4v) is 1.16. The van der Waals surface area contributed by atoms with Crippen molar-refractivity contribution in [1.29, 1.82) is 0 Å². The standard InChI is InChI=1S/C8H6F4N2O3/c9-3-1-4(7(13)8(10,11)12)6(15)5(2-3)14(16)17/h1-2,7,15H,13H2/t7-/m0/s1. The van der Waals surface area contributed by atoms with Gasteiger partial charge in [-0.2, -0.15) is 13.2 Å². The van der Waals surface area contributed by atoms with Crippen molar-refractivity contribution in [3.8, 4) is 5.75 Å². The maximum atomic E-state index is 12.9. The van der Waals surface area contributed by atoms with E-state index in [9.17, 15) is 32.8 Å². The zero-order valence-corrected chi connectivity index (χ0v) is 8.03. The number of halogens is 4. The topological polar surface area (TPSA) is 89.4 Å². The monoisotopic (exact) mass is 254 g/mol. The number of rotatable bonds is 2. The summed E-state index contributed by atoms with van der Waals surface area (Å²) in [6.45, 7) is 0. The summed E-state index contributed by atoms with van der Waals surface area (Å²) in [4.78, 5) is 9.15. The summed E-state index contributed by atoms with van der Waals surface area (Å²) < 4.78 is 49.6. The van der Waals surface area contributed by atoms with Crippen LogP contribution in [0.2, 0.25) is 0 Å². The van der Waals surface area contributed by atoms with Crippen LogP contribution in [0.15, 0.2) is 12.1 Å². The third-order valence-corrected chi connectivity index (χ3v) is 1.97. The van der Waals surface area contributed by atoms with Crippen molar-refractivity contribution >= 4 is 5.69 Å². The van der Waals surface area contributed by atoms with Crippen molar-refractivity contribution in [2.24, 2.45) is 5.73 Å². The second kappa shape index (κ2) is 4.17. The summed E-state index contributed by atoms with van der Waals surface area (Å²) >= 11 is 0. The van der Waals surface area contributed by atoms with E-state index >= 15 is 0 Å². The van der Waals surface area contributed by atoms with E-state index in [0.29, 0.717) is 12.1 Å². The summed E-state index contributed by atoms with van der Waals surface area (Å²) in [6, 6.07) is -2.08. The van der Waals surface area contributed by atoms with Crippen LogP contribution in [-0.2, 0) is 0 Å². The van der Waals surface area contributed by atoms with Crippen LogP contribution in [0.3, 0.4) is 0 Å².